The smallest absolute Gasteiger partial charge is 0.198 e. The Balaban J connectivity index is 2.57. The van der Waals surface area contributed by atoms with E-state index in [-0.39, 0.29) is 0 Å². The van der Waals surface area contributed by atoms with Crippen LogP contribution in [0.25, 0.3) is 5.82 Å². The van der Waals surface area contributed by atoms with Crippen molar-refractivity contribution in [3.63, 3.8) is 0 Å². The monoisotopic (exact) mass is 240 g/mol. The molecule has 13 heavy (non-hydrogen) atoms. The summed E-state index contributed by atoms with van der Waals surface area (Å²) in [6.45, 7) is 0. The Kier molecular flexibility index (Phi) is 1.93. The first-order valence-electron chi connectivity index (χ1n) is 3.40. The molecule has 0 spiro atoms. The van der Waals surface area contributed by atoms with Crippen LogP contribution in [0.15, 0.2) is 23.5 Å². The molecule has 2 rings (SSSR count). The first kappa shape index (κ1) is 8.11. The van der Waals surface area contributed by atoms with Gasteiger partial charge in [0.15, 0.2) is 11.6 Å². The maximum absolute atomic E-state index is 5.60. The number of aromatic nitrogens is 5. The predicted molar refractivity (Wildman–Crippen MR) is 49.1 cm³/mol. The van der Waals surface area contributed by atoms with Crippen LogP contribution < -0.4 is 5.73 Å². The van der Waals surface area contributed by atoms with E-state index in [1.165, 1.54) is 23.5 Å². The van der Waals surface area contributed by atoms with Crippen molar-refractivity contribution >= 4 is 21.7 Å². The van der Waals surface area contributed by atoms with Gasteiger partial charge in [0.1, 0.15) is 17.3 Å². The number of nitrogens with two attached hydrogens (primary N) is 1. The lowest BCUT2D eigenvalue weighted by Crippen LogP contribution is -2.05. The van der Waals surface area contributed by atoms with Crippen LogP contribution in [0, 0.1) is 0 Å². The van der Waals surface area contributed by atoms with Gasteiger partial charge in [-0.05, 0) is 15.9 Å². The minimum atomic E-state index is 0.314. The van der Waals surface area contributed by atoms with Crippen LogP contribution in [0.3, 0.4) is 0 Å². The molecule has 2 heterocycles. The summed E-state index contributed by atoms with van der Waals surface area (Å²) in [5.41, 5.74) is 5.60. The summed E-state index contributed by atoms with van der Waals surface area (Å²) in [5, 5.41) is 3.89. The van der Waals surface area contributed by atoms with Crippen molar-refractivity contribution in [3.05, 3.63) is 23.5 Å². The van der Waals surface area contributed by atoms with E-state index in [4.69, 9.17) is 5.73 Å². The van der Waals surface area contributed by atoms with E-state index in [1.807, 2.05) is 0 Å². The molecule has 0 saturated heterocycles. The Hall–Kier alpha value is -1.50. The zero-order chi connectivity index (χ0) is 9.26. The van der Waals surface area contributed by atoms with Gasteiger partial charge in [-0.3, -0.25) is 0 Å². The number of rotatable bonds is 1. The summed E-state index contributed by atoms with van der Waals surface area (Å²) in [5.74, 6) is 0.778. The van der Waals surface area contributed by atoms with Crippen LogP contribution in [0.2, 0.25) is 0 Å². The van der Waals surface area contributed by atoms with Crippen molar-refractivity contribution in [3.8, 4) is 5.82 Å². The molecule has 0 radical (unpaired) electrons. The van der Waals surface area contributed by atoms with Crippen molar-refractivity contribution in [2.45, 2.75) is 0 Å². The molecule has 0 saturated carbocycles. The molecule has 0 aromatic carbocycles. The second-order valence-electron chi connectivity index (χ2n) is 2.24. The molecule has 0 fully saturated rings. The normalized spacial score (nSPS) is 10.2. The third kappa shape index (κ3) is 1.50. The SMILES string of the molecule is Nc1ncc(Br)nc1-n1cncn1. The number of hydrogen-bond donors (Lipinski definition) is 1. The topological polar surface area (TPSA) is 82.5 Å². The molecule has 2 aromatic heterocycles. The van der Waals surface area contributed by atoms with E-state index < -0.39 is 0 Å². The summed E-state index contributed by atoms with van der Waals surface area (Å²) >= 11 is 3.19. The second kappa shape index (κ2) is 3.09. The summed E-state index contributed by atoms with van der Waals surface area (Å²) in [6, 6.07) is 0. The van der Waals surface area contributed by atoms with Crippen molar-refractivity contribution in [2.24, 2.45) is 0 Å². The molecular formula is C6H5BrN6. The van der Waals surface area contributed by atoms with Gasteiger partial charge >= 0.3 is 0 Å². The maximum Gasteiger partial charge on any atom is 0.198 e. The fourth-order valence-electron chi connectivity index (χ4n) is 0.854. The third-order valence-electron chi connectivity index (χ3n) is 1.39. The molecule has 6 nitrogen and oxygen atoms in total. The van der Waals surface area contributed by atoms with E-state index in [9.17, 15) is 0 Å². The molecule has 0 aliphatic heterocycles. The molecule has 0 unspecified atom stereocenters. The molecule has 0 bridgehead atoms. The Morgan fingerprint density at radius 2 is 2.31 bits per heavy atom. The molecule has 0 atom stereocenters. The van der Waals surface area contributed by atoms with Gasteiger partial charge in [0.05, 0.1) is 6.20 Å². The average Bonchev–Trinajstić information content (AvgIpc) is 2.61. The van der Waals surface area contributed by atoms with Crippen LogP contribution in [-0.2, 0) is 0 Å². The van der Waals surface area contributed by atoms with Gasteiger partial charge in [0.2, 0.25) is 0 Å². The quantitative estimate of drug-likeness (QED) is 0.781. The van der Waals surface area contributed by atoms with Gasteiger partial charge in [-0.25, -0.2) is 15.0 Å². The molecule has 0 aliphatic rings. The standard InChI is InChI=1S/C6H5BrN6/c7-4-1-10-5(8)6(12-4)13-3-9-2-11-13/h1-3H,(H2,8,10). The number of hydrogen-bond acceptors (Lipinski definition) is 5. The highest BCUT2D eigenvalue weighted by molar-refractivity contribution is 9.10. The Labute approximate surface area is 82.0 Å². The highest BCUT2D eigenvalue weighted by Gasteiger charge is 2.05. The molecule has 7 heteroatoms. The third-order valence-corrected chi connectivity index (χ3v) is 1.77. The summed E-state index contributed by atoms with van der Waals surface area (Å²) in [4.78, 5) is 11.8. The van der Waals surface area contributed by atoms with E-state index >= 15 is 0 Å². The molecule has 2 aromatic rings. The van der Waals surface area contributed by atoms with Crippen LogP contribution in [-0.4, -0.2) is 24.7 Å². The fraction of sp³-hybridized carbons (Fsp3) is 0. The number of nitrogens with zero attached hydrogens (tertiary/aromatic N) is 5. The van der Waals surface area contributed by atoms with Crippen molar-refractivity contribution in [1.82, 2.24) is 24.7 Å². The Morgan fingerprint density at radius 3 is 3.00 bits per heavy atom. The van der Waals surface area contributed by atoms with Gasteiger partial charge in [-0.2, -0.15) is 9.78 Å². The minimum Gasteiger partial charge on any atom is -0.381 e. The number of nitrogen functional groups attached to an aromatic ring is 1. The second-order valence-corrected chi connectivity index (χ2v) is 3.05. The van der Waals surface area contributed by atoms with Crippen molar-refractivity contribution in [2.75, 3.05) is 5.73 Å². The van der Waals surface area contributed by atoms with Crippen LogP contribution in [0.5, 0.6) is 0 Å². The predicted octanol–water partition coefficient (Wildman–Crippen LogP) is 0.402. The fourth-order valence-corrected chi connectivity index (χ4v) is 1.12. The maximum atomic E-state index is 5.60. The summed E-state index contributed by atoms with van der Waals surface area (Å²) < 4.78 is 2.06. The zero-order valence-corrected chi connectivity index (χ0v) is 8.01. The number of anilines is 1. The van der Waals surface area contributed by atoms with Crippen LogP contribution in [0.4, 0.5) is 5.82 Å². The molecule has 66 valence electrons. The van der Waals surface area contributed by atoms with Crippen LogP contribution >= 0.6 is 15.9 Å². The van der Waals surface area contributed by atoms with E-state index in [0.29, 0.717) is 16.2 Å². The lowest BCUT2D eigenvalue weighted by Gasteiger charge is -2.01. The Morgan fingerprint density at radius 1 is 1.46 bits per heavy atom. The first-order chi connectivity index (χ1) is 6.27. The Bertz CT molecular complexity index is 411. The van der Waals surface area contributed by atoms with E-state index in [1.54, 1.807) is 0 Å². The largest absolute Gasteiger partial charge is 0.381 e. The lowest BCUT2D eigenvalue weighted by atomic mass is 10.6. The van der Waals surface area contributed by atoms with Crippen molar-refractivity contribution in [1.29, 1.82) is 0 Å². The summed E-state index contributed by atoms with van der Waals surface area (Å²) in [7, 11) is 0. The van der Waals surface area contributed by atoms with E-state index in [0.717, 1.165) is 0 Å². The number of halogens is 1. The van der Waals surface area contributed by atoms with Gasteiger partial charge in [0, 0.05) is 0 Å². The van der Waals surface area contributed by atoms with Gasteiger partial charge in [-0.1, -0.05) is 0 Å². The van der Waals surface area contributed by atoms with E-state index in [2.05, 4.69) is 36.0 Å². The van der Waals surface area contributed by atoms with Gasteiger partial charge < -0.3 is 5.73 Å². The first-order valence-corrected chi connectivity index (χ1v) is 4.19. The highest BCUT2D eigenvalue weighted by Crippen LogP contribution is 2.13. The summed E-state index contributed by atoms with van der Waals surface area (Å²) in [6.07, 6.45) is 4.44. The van der Waals surface area contributed by atoms with Gasteiger partial charge in [-0.15, -0.1) is 0 Å². The molecule has 0 amide bonds. The molecule has 2 N–H and O–H groups in total. The average molecular weight is 241 g/mol. The minimum absolute atomic E-state index is 0.314. The van der Waals surface area contributed by atoms with Crippen molar-refractivity contribution < 1.29 is 0 Å². The van der Waals surface area contributed by atoms with Gasteiger partial charge in [0.25, 0.3) is 0 Å². The van der Waals surface area contributed by atoms with Crippen LogP contribution in [0.1, 0.15) is 0 Å². The zero-order valence-electron chi connectivity index (χ0n) is 6.42. The molecular weight excluding hydrogens is 236 g/mol. The molecule has 0 aliphatic carbocycles. The highest BCUT2D eigenvalue weighted by atomic mass is 79.9. The lowest BCUT2D eigenvalue weighted by molar-refractivity contribution is 0.836.